The average Bonchev–Trinajstić information content (AvgIpc) is 2.45. The molecule has 0 N–H and O–H groups in total. The van der Waals surface area contributed by atoms with Crippen LogP contribution in [0.3, 0.4) is 0 Å². The smallest absolute Gasteiger partial charge is 0.396 e. The predicted octanol–water partition coefficient (Wildman–Crippen LogP) is 6.39. The first-order chi connectivity index (χ1) is 11.1. The summed E-state index contributed by atoms with van der Waals surface area (Å²) in [5.41, 5.74) is 0. The van der Waals surface area contributed by atoms with Crippen molar-refractivity contribution in [2.45, 2.75) is 104 Å². The monoisotopic (exact) mass is 440 g/mol. The van der Waals surface area contributed by atoms with Crippen LogP contribution < -0.4 is 0 Å². The van der Waals surface area contributed by atoms with E-state index in [0.717, 1.165) is 24.2 Å². The average molecular weight is 441 g/mol. The maximum absolute atomic E-state index is 6.80. The Morgan fingerprint density at radius 3 is 0.680 bits per heavy atom. The lowest BCUT2D eigenvalue weighted by Crippen LogP contribution is -2.66. The van der Waals surface area contributed by atoms with Gasteiger partial charge in [-0.25, -0.2) is 0 Å². The Kier molecular flexibility index (Phi) is 9.76. The van der Waals surface area contributed by atoms with E-state index in [0.29, 0.717) is 0 Å². The number of hydrogen-bond donors (Lipinski definition) is 0. The lowest BCUT2D eigenvalue weighted by atomic mass is 11.0. The van der Waals surface area contributed by atoms with Gasteiger partial charge >= 0.3 is 9.05 Å². The molecule has 152 valence electrons. The molecule has 0 heterocycles. The molecule has 0 bridgehead atoms. The topological polar surface area (TPSA) is 36.9 Å². The second-order valence-corrected chi connectivity index (χ2v) is 30.5. The van der Waals surface area contributed by atoms with Crippen LogP contribution in [0.2, 0.25) is 76.6 Å². The highest BCUT2D eigenvalue weighted by molar-refractivity contribution is 6.92. The van der Waals surface area contributed by atoms with Gasteiger partial charge in [-0.2, -0.15) is 0 Å². The second-order valence-electron chi connectivity index (χ2n) is 9.36. The maximum atomic E-state index is 6.80. The molecule has 0 fully saturated rings. The first-order valence-corrected chi connectivity index (χ1v) is 24.0. The van der Waals surface area contributed by atoms with Crippen molar-refractivity contribution in [3.63, 3.8) is 0 Å². The highest BCUT2D eigenvalue weighted by Gasteiger charge is 2.57. The zero-order valence-corrected chi connectivity index (χ0v) is 24.0. The molecule has 0 aromatic heterocycles. The SMILES string of the molecule is CC[Si](C)(C)O[Si](O[Si](C)(C)CC)(O[Si](C)(C)CC)O[Si](C)(C)CC. The fourth-order valence-electron chi connectivity index (χ4n) is 1.77. The van der Waals surface area contributed by atoms with Crippen LogP contribution in [0.25, 0.3) is 0 Å². The highest BCUT2D eigenvalue weighted by atomic mass is 28.5. The van der Waals surface area contributed by atoms with Gasteiger partial charge in [-0.15, -0.1) is 0 Å². The van der Waals surface area contributed by atoms with Crippen molar-refractivity contribution in [2.24, 2.45) is 0 Å². The molecule has 0 aliphatic heterocycles. The maximum Gasteiger partial charge on any atom is 0.636 e. The van der Waals surface area contributed by atoms with Gasteiger partial charge in [-0.1, -0.05) is 27.7 Å². The molecule has 0 saturated carbocycles. The fraction of sp³-hybridized carbons (Fsp3) is 1.00. The normalized spacial score (nSPS) is 14.9. The predicted molar refractivity (Wildman–Crippen MR) is 122 cm³/mol. The van der Waals surface area contributed by atoms with E-state index >= 15 is 0 Å². The standard InChI is InChI=1S/C16H44O4Si5/c1-13-21(5,6)17-25(18-22(7,8)14-2,19-23(9,10)15-3)20-24(11,12)16-4/h13-16H2,1-12H3. The molecule has 0 spiro atoms. The van der Waals surface area contributed by atoms with E-state index in [-0.39, 0.29) is 0 Å². The lowest BCUT2D eigenvalue weighted by molar-refractivity contribution is 0.146. The first kappa shape index (κ1) is 25.9. The van der Waals surface area contributed by atoms with E-state index in [1.54, 1.807) is 0 Å². The molecular formula is C16H44O4Si5. The van der Waals surface area contributed by atoms with Gasteiger partial charge in [0.1, 0.15) is 0 Å². The fourth-order valence-corrected chi connectivity index (χ4v) is 18.2. The molecule has 0 aromatic rings. The Morgan fingerprint density at radius 2 is 0.560 bits per heavy atom. The van der Waals surface area contributed by atoms with Crippen molar-refractivity contribution in [2.75, 3.05) is 0 Å². The van der Waals surface area contributed by atoms with Crippen molar-refractivity contribution < 1.29 is 16.5 Å². The molecule has 0 unspecified atom stereocenters. The Hall–Kier alpha value is 0.924. The summed E-state index contributed by atoms with van der Waals surface area (Å²) in [4.78, 5) is 0. The van der Waals surface area contributed by atoms with E-state index in [2.05, 4.69) is 80.1 Å². The largest absolute Gasteiger partial charge is 0.636 e. The van der Waals surface area contributed by atoms with Gasteiger partial charge < -0.3 is 16.5 Å². The number of rotatable bonds is 12. The molecule has 0 aliphatic carbocycles. The van der Waals surface area contributed by atoms with Crippen molar-refractivity contribution >= 4 is 42.3 Å². The van der Waals surface area contributed by atoms with Crippen LogP contribution in [0.5, 0.6) is 0 Å². The van der Waals surface area contributed by atoms with E-state index in [4.69, 9.17) is 16.5 Å². The molecule has 0 amide bonds. The van der Waals surface area contributed by atoms with Gasteiger partial charge in [0.15, 0.2) is 33.3 Å². The zero-order valence-electron chi connectivity index (χ0n) is 19.0. The Bertz CT molecular complexity index is 336. The third-order valence-corrected chi connectivity index (χ3v) is 24.7. The van der Waals surface area contributed by atoms with Crippen molar-refractivity contribution in [3.05, 3.63) is 0 Å². The molecule has 0 aromatic carbocycles. The minimum atomic E-state index is -3.17. The summed E-state index contributed by atoms with van der Waals surface area (Å²) >= 11 is 0. The Morgan fingerprint density at radius 1 is 0.400 bits per heavy atom. The molecule has 4 nitrogen and oxygen atoms in total. The van der Waals surface area contributed by atoms with Gasteiger partial charge in [0, 0.05) is 0 Å². The summed E-state index contributed by atoms with van der Waals surface area (Å²) < 4.78 is 27.2. The van der Waals surface area contributed by atoms with E-state index in [9.17, 15) is 0 Å². The molecular weight excluding hydrogens is 397 g/mol. The quantitative estimate of drug-likeness (QED) is 0.329. The van der Waals surface area contributed by atoms with E-state index in [1.807, 2.05) is 0 Å². The lowest BCUT2D eigenvalue weighted by Gasteiger charge is -2.45. The van der Waals surface area contributed by atoms with Crippen LogP contribution in [0.15, 0.2) is 0 Å². The van der Waals surface area contributed by atoms with Crippen molar-refractivity contribution in [1.82, 2.24) is 0 Å². The molecule has 0 saturated heterocycles. The van der Waals surface area contributed by atoms with Crippen molar-refractivity contribution in [3.8, 4) is 0 Å². The molecule has 25 heavy (non-hydrogen) atoms. The minimum Gasteiger partial charge on any atom is -0.396 e. The summed E-state index contributed by atoms with van der Waals surface area (Å²) in [6.45, 7) is 26.9. The van der Waals surface area contributed by atoms with Crippen LogP contribution in [0.1, 0.15) is 27.7 Å². The van der Waals surface area contributed by atoms with E-state index < -0.39 is 42.3 Å². The summed E-state index contributed by atoms with van der Waals surface area (Å²) in [5.74, 6) is 0. The molecule has 0 rings (SSSR count). The van der Waals surface area contributed by atoms with Gasteiger partial charge in [-0.3, -0.25) is 0 Å². The second kappa shape index (κ2) is 9.42. The minimum absolute atomic E-state index is 1.04. The van der Waals surface area contributed by atoms with Gasteiger partial charge in [-0.05, 0) is 76.6 Å². The van der Waals surface area contributed by atoms with Crippen LogP contribution in [0, 0.1) is 0 Å². The van der Waals surface area contributed by atoms with Gasteiger partial charge in [0.2, 0.25) is 0 Å². The van der Waals surface area contributed by atoms with E-state index in [1.165, 1.54) is 0 Å². The molecule has 0 aliphatic rings. The van der Waals surface area contributed by atoms with Gasteiger partial charge in [0.25, 0.3) is 0 Å². The number of hydrogen-bond acceptors (Lipinski definition) is 4. The van der Waals surface area contributed by atoms with Crippen molar-refractivity contribution in [1.29, 1.82) is 0 Å². The Balaban J connectivity index is 6.09. The van der Waals surface area contributed by atoms with Crippen LogP contribution in [-0.4, -0.2) is 42.3 Å². The summed E-state index contributed by atoms with van der Waals surface area (Å²) in [6, 6.07) is 4.14. The molecule has 9 heteroatoms. The Labute approximate surface area is 163 Å². The van der Waals surface area contributed by atoms with Crippen LogP contribution in [-0.2, 0) is 16.5 Å². The summed E-state index contributed by atoms with van der Waals surface area (Å²) in [7, 11) is -10.8. The summed E-state index contributed by atoms with van der Waals surface area (Å²) in [5, 5.41) is 0. The first-order valence-electron chi connectivity index (χ1n) is 9.88. The van der Waals surface area contributed by atoms with Crippen LogP contribution >= 0.6 is 0 Å². The molecule has 0 radical (unpaired) electrons. The molecule has 0 atom stereocenters. The highest BCUT2D eigenvalue weighted by Crippen LogP contribution is 2.33. The van der Waals surface area contributed by atoms with Crippen LogP contribution in [0.4, 0.5) is 0 Å². The third-order valence-electron chi connectivity index (χ3n) is 5.01. The third kappa shape index (κ3) is 9.61. The zero-order chi connectivity index (χ0) is 20.2. The van der Waals surface area contributed by atoms with Gasteiger partial charge in [0.05, 0.1) is 0 Å². The summed E-state index contributed by atoms with van der Waals surface area (Å²) in [6.07, 6.45) is 0.